The molecule has 2 aliphatic rings. The molecule has 0 aromatic heterocycles. The molecule has 1 unspecified atom stereocenters. The summed E-state index contributed by atoms with van der Waals surface area (Å²) in [5.41, 5.74) is 0. The van der Waals surface area contributed by atoms with E-state index in [2.05, 4.69) is 15.5 Å². The first kappa shape index (κ1) is 12.8. The van der Waals surface area contributed by atoms with Gasteiger partial charge >= 0.3 is 0 Å². The Morgan fingerprint density at radius 3 is 3.12 bits per heavy atom. The molecule has 0 bridgehead atoms. The number of hydrogen-bond donors (Lipinski definition) is 2. The van der Waals surface area contributed by atoms with Gasteiger partial charge in [-0.25, -0.2) is 0 Å². The predicted octanol–water partition coefficient (Wildman–Crippen LogP) is -0.569. The maximum absolute atomic E-state index is 11.9. The van der Waals surface area contributed by atoms with Gasteiger partial charge in [0.1, 0.15) is 0 Å². The topological polar surface area (TPSA) is 53.6 Å². The van der Waals surface area contributed by atoms with E-state index in [9.17, 15) is 4.79 Å². The minimum atomic E-state index is -0.0285. The van der Waals surface area contributed by atoms with E-state index >= 15 is 0 Å². The van der Waals surface area contributed by atoms with Crippen molar-refractivity contribution in [3.8, 4) is 0 Å². The van der Waals surface area contributed by atoms with Crippen molar-refractivity contribution in [2.24, 2.45) is 5.92 Å². The van der Waals surface area contributed by atoms with Crippen LogP contribution in [0.1, 0.15) is 13.3 Å². The number of likely N-dealkylation sites (tertiary alicyclic amines) is 1. The molecule has 0 aromatic carbocycles. The number of rotatable bonds is 5. The molecule has 2 rings (SSSR count). The summed E-state index contributed by atoms with van der Waals surface area (Å²) < 4.78 is 4.92. The van der Waals surface area contributed by atoms with Gasteiger partial charge in [0.2, 0.25) is 5.91 Å². The summed E-state index contributed by atoms with van der Waals surface area (Å²) >= 11 is 0. The molecule has 2 heterocycles. The van der Waals surface area contributed by atoms with Crippen LogP contribution in [0, 0.1) is 5.92 Å². The Balaban J connectivity index is 1.76. The summed E-state index contributed by atoms with van der Waals surface area (Å²) in [6, 6.07) is 0.573. The zero-order valence-electron chi connectivity index (χ0n) is 10.7. The summed E-state index contributed by atoms with van der Waals surface area (Å²) in [5.74, 6) is 0.853. The zero-order chi connectivity index (χ0) is 12.3. The molecule has 5 nitrogen and oxygen atoms in total. The molecule has 0 aromatic rings. The van der Waals surface area contributed by atoms with Gasteiger partial charge in [-0.3, -0.25) is 9.69 Å². The van der Waals surface area contributed by atoms with Gasteiger partial charge in [0, 0.05) is 32.8 Å². The smallest absolute Gasteiger partial charge is 0.237 e. The van der Waals surface area contributed by atoms with Crippen LogP contribution in [0.2, 0.25) is 0 Å². The number of amides is 1. The number of carbonyl (C=O) groups is 1. The Hall–Kier alpha value is -0.650. The Bertz CT molecular complexity index is 260. The number of ether oxygens (including phenoxy) is 1. The maximum atomic E-state index is 11.9. The number of hydrogen-bond acceptors (Lipinski definition) is 4. The van der Waals surface area contributed by atoms with Crippen molar-refractivity contribution >= 4 is 5.91 Å². The lowest BCUT2D eigenvalue weighted by molar-refractivity contribution is -0.125. The van der Waals surface area contributed by atoms with Gasteiger partial charge in [-0.15, -0.1) is 0 Å². The first-order chi connectivity index (χ1) is 8.22. The lowest BCUT2D eigenvalue weighted by Crippen LogP contribution is -2.46. The summed E-state index contributed by atoms with van der Waals surface area (Å²) in [6.07, 6.45) is 1.25. The van der Waals surface area contributed by atoms with Crippen molar-refractivity contribution in [3.05, 3.63) is 0 Å². The molecule has 2 fully saturated rings. The Labute approximate surface area is 103 Å². The van der Waals surface area contributed by atoms with Crippen molar-refractivity contribution in [2.75, 3.05) is 39.9 Å². The fraction of sp³-hybridized carbons (Fsp3) is 0.917. The first-order valence-electron chi connectivity index (χ1n) is 6.46. The third-order valence-electron chi connectivity index (χ3n) is 3.92. The molecular formula is C12H23N3O2. The highest BCUT2D eigenvalue weighted by Gasteiger charge is 2.38. The van der Waals surface area contributed by atoms with Crippen molar-refractivity contribution in [1.29, 1.82) is 0 Å². The van der Waals surface area contributed by atoms with Crippen molar-refractivity contribution in [1.82, 2.24) is 15.5 Å². The second kappa shape index (κ2) is 5.80. The average molecular weight is 241 g/mol. The van der Waals surface area contributed by atoms with Crippen LogP contribution < -0.4 is 10.6 Å². The van der Waals surface area contributed by atoms with Gasteiger partial charge in [0.05, 0.1) is 12.6 Å². The molecule has 2 N–H and O–H groups in total. The molecule has 0 spiro atoms. The van der Waals surface area contributed by atoms with Crippen molar-refractivity contribution in [3.63, 3.8) is 0 Å². The SMILES string of the molecule is COCCNC(=O)C(C)N1C[C@@H]2CCN[C@@H]2C1. The van der Waals surface area contributed by atoms with E-state index in [0.717, 1.165) is 25.6 Å². The molecule has 17 heavy (non-hydrogen) atoms. The summed E-state index contributed by atoms with van der Waals surface area (Å²) in [6.45, 7) is 6.35. The molecule has 5 heteroatoms. The lowest BCUT2D eigenvalue weighted by Gasteiger charge is -2.24. The van der Waals surface area contributed by atoms with Gasteiger partial charge in [-0.2, -0.15) is 0 Å². The molecule has 3 atom stereocenters. The molecular weight excluding hydrogens is 218 g/mol. The maximum Gasteiger partial charge on any atom is 0.237 e. The van der Waals surface area contributed by atoms with Crippen LogP contribution in [0.4, 0.5) is 0 Å². The van der Waals surface area contributed by atoms with E-state index in [1.165, 1.54) is 6.42 Å². The molecule has 0 aliphatic carbocycles. The van der Waals surface area contributed by atoms with E-state index in [1.54, 1.807) is 7.11 Å². The van der Waals surface area contributed by atoms with Gasteiger partial charge in [-0.05, 0) is 25.8 Å². The highest BCUT2D eigenvalue weighted by atomic mass is 16.5. The first-order valence-corrected chi connectivity index (χ1v) is 6.46. The predicted molar refractivity (Wildman–Crippen MR) is 65.8 cm³/mol. The van der Waals surface area contributed by atoms with Crippen molar-refractivity contribution < 1.29 is 9.53 Å². The third-order valence-corrected chi connectivity index (χ3v) is 3.92. The summed E-state index contributed by atoms with van der Waals surface area (Å²) in [5, 5.41) is 6.40. The van der Waals surface area contributed by atoms with Crippen LogP contribution in [0.15, 0.2) is 0 Å². The second-order valence-electron chi connectivity index (χ2n) is 5.02. The van der Waals surface area contributed by atoms with Crippen LogP contribution in [0.5, 0.6) is 0 Å². The molecule has 0 radical (unpaired) electrons. The van der Waals surface area contributed by atoms with Crippen LogP contribution >= 0.6 is 0 Å². The minimum absolute atomic E-state index is 0.0285. The van der Waals surface area contributed by atoms with Gasteiger partial charge < -0.3 is 15.4 Å². The molecule has 98 valence electrons. The van der Waals surface area contributed by atoms with E-state index in [1.807, 2.05) is 6.92 Å². The van der Waals surface area contributed by atoms with Gasteiger partial charge in [0.15, 0.2) is 0 Å². The number of nitrogens with zero attached hydrogens (tertiary/aromatic N) is 1. The average Bonchev–Trinajstić information content (AvgIpc) is 2.88. The van der Waals surface area contributed by atoms with Crippen LogP contribution in [-0.2, 0) is 9.53 Å². The number of fused-ring (bicyclic) bond motifs is 1. The Morgan fingerprint density at radius 1 is 1.59 bits per heavy atom. The number of nitrogens with one attached hydrogen (secondary N) is 2. The largest absolute Gasteiger partial charge is 0.383 e. The normalized spacial score (nSPS) is 30.2. The Morgan fingerprint density at radius 2 is 2.41 bits per heavy atom. The van der Waals surface area contributed by atoms with Gasteiger partial charge in [0.25, 0.3) is 0 Å². The highest BCUT2D eigenvalue weighted by molar-refractivity contribution is 5.81. The summed E-state index contributed by atoms with van der Waals surface area (Å²) in [7, 11) is 1.64. The quantitative estimate of drug-likeness (QED) is 0.633. The number of carbonyl (C=O) groups excluding carboxylic acids is 1. The lowest BCUT2D eigenvalue weighted by atomic mass is 10.1. The fourth-order valence-electron chi connectivity index (χ4n) is 2.79. The van der Waals surface area contributed by atoms with E-state index < -0.39 is 0 Å². The summed E-state index contributed by atoms with van der Waals surface area (Å²) in [4.78, 5) is 14.2. The monoisotopic (exact) mass is 241 g/mol. The van der Waals surface area contributed by atoms with E-state index in [0.29, 0.717) is 19.2 Å². The second-order valence-corrected chi connectivity index (χ2v) is 5.02. The fourth-order valence-corrected chi connectivity index (χ4v) is 2.79. The molecule has 0 saturated carbocycles. The van der Waals surface area contributed by atoms with Crippen molar-refractivity contribution in [2.45, 2.75) is 25.4 Å². The van der Waals surface area contributed by atoms with Crippen LogP contribution in [0.3, 0.4) is 0 Å². The minimum Gasteiger partial charge on any atom is -0.383 e. The number of methoxy groups -OCH3 is 1. The molecule has 2 aliphatic heterocycles. The van der Waals surface area contributed by atoms with Crippen LogP contribution in [-0.4, -0.2) is 62.8 Å². The van der Waals surface area contributed by atoms with E-state index in [4.69, 9.17) is 4.74 Å². The highest BCUT2D eigenvalue weighted by Crippen LogP contribution is 2.25. The van der Waals surface area contributed by atoms with E-state index in [-0.39, 0.29) is 11.9 Å². The Kier molecular flexibility index (Phi) is 4.36. The zero-order valence-corrected chi connectivity index (χ0v) is 10.7. The third kappa shape index (κ3) is 2.97. The molecule has 1 amide bonds. The van der Waals surface area contributed by atoms with Gasteiger partial charge in [-0.1, -0.05) is 0 Å². The standard InChI is InChI=1S/C12H23N3O2/c1-9(12(16)14-5-6-17-2)15-7-10-3-4-13-11(10)8-15/h9-11,13H,3-8H2,1-2H3,(H,14,16)/t9?,10-,11+/m0/s1. The molecule has 2 saturated heterocycles. The van der Waals surface area contributed by atoms with Crippen LogP contribution in [0.25, 0.3) is 0 Å².